The van der Waals surface area contributed by atoms with Crippen molar-refractivity contribution in [3.05, 3.63) is 60.4 Å². The molecule has 106 valence electrons. The maximum absolute atomic E-state index is 3.55. The van der Waals surface area contributed by atoms with Crippen molar-refractivity contribution in [2.75, 3.05) is 25.1 Å². The summed E-state index contributed by atoms with van der Waals surface area (Å²) in [4.78, 5) is 2.58. The minimum atomic E-state index is 0.607. The third-order valence-electron chi connectivity index (χ3n) is 4.08. The lowest BCUT2D eigenvalue weighted by Gasteiger charge is -2.33. The van der Waals surface area contributed by atoms with Gasteiger partial charge in [-0.25, -0.2) is 0 Å². The van der Waals surface area contributed by atoms with E-state index >= 15 is 0 Å². The summed E-state index contributed by atoms with van der Waals surface area (Å²) in [6.07, 6.45) is 7.76. The first-order valence-corrected chi connectivity index (χ1v) is 7.56. The van der Waals surface area contributed by atoms with Crippen molar-refractivity contribution >= 4 is 0 Å². The van der Waals surface area contributed by atoms with E-state index in [-0.39, 0.29) is 0 Å². The van der Waals surface area contributed by atoms with Crippen LogP contribution in [-0.2, 0) is 6.42 Å². The third-order valence-corrected chi connectivity index (χ3v) is 4.08. The molecule has 0 atom stereocenters. The van der Waals surface area contributed by atoms with Crippen LogP contribution in [0.5, 0.6) is 0 Å². The van der Waals surface area contributed by atoms with Crippen LogP contribution in [0.2, 0.25) is 0 Å². The second-order valence-electron chi connectivity index (χ2n) is 5.57. The van der Waals surface area contributed by atoms with Gasteiger partial charge in [0.15, 0.2) is 0 Å². The predicted octanol–water partition coefficient (Wildman–Crippen LogP) is 2.74. The minimum absolute atomic E-state index is 0.607. The zero-order valence-electron chi connectivity index (χ0n) is 11.9. The van der Waals surface area contributed by atoms with Crippen LogP contribution < -0.4 is 5.43 Å². The van der Waals surface area contributed by atoms with Crippen LogP contribution in [0.15, 0.2) is 54.9 Å². The van der Waals surface area contributed by atoms with E-state index in [4.69, 9.17) is 0 Å². The summed E-state index contributed by atoms with van der Waals surface area (Å²) in [5.74, 6) is 0. The lowest BCUT2D eigenvalue weighted by atomic mass is 10.0. The van der Waals surface area contributed by atoms with E-state index in [9.17, 15) is 0 Å². The van der Waals surface area contributed by atoms with Crippen LogP contribution in [0.25, 0.3) is 0 Å². The van der Waals surface area contributed by atoms with Gasteiger partial charge in [0.1, 0.15) is 0 Å². The molecule has 0 bridgehead atoms. The van der Waals surface area contributed by atoms with Crippen molar-refractivity contribution in [3.8, 4) is 0 Å². The van der Waals surface area contributed by atoms with E-state index in [0.29, 0.717) is 6.04 Å². The SMILES string of the molecule is c1ccc(CCN2CCC(Nn3cccc3)CC2)cc1. The number of likely N-dealkylation sites (tertiary alicyclic amines) is 1. The first-order chi connectivity index (χ1) is 9.90. The first kappa shape index (κ1) is 13.3. The Balaban J connectivity index is 1.40. The van der Waals surface area contributed by atoms with Crippen LogP contribution in [0.3, 0.4) is 0 Å². The van der Waals surface area contributed by atoms with Crippen molar-refractivity contribution < 1.29 is 0 Å². The molecule has 1 saturated heterocycles. The molecule has 0 spiro atoms. The number of benzene rings is 1. The maximum Gasteiger partial charge on any atom is 0.0448 e. The fourth-order valence-electron chi connectivity index (χ4n) is 2.85. The third kappa shape index (κ3) is 3.64. The number of aromatic nitrogens is 1. The molecule has 0 saturated carbocycles. The van der Waals surface area contributed by atoms with Gasteiger partial charge in [-0.05, 0) is 37.0 Å². The number of nitrogens with one attached hydrogen (secondary N) is 1. The van der Waals surface area contributed by atoms with Crippen molar-refractivity contribution in [1.29, 1.82) is 0 Å². The maximum atomic E-state index is 3.55. The summed E-state index contributed by atoms with van der Waals surface area (Å²) in [6.45, 7) is 3.58. The summed E-state index contributed by atoms with van der Waals surface area (Å²) >= 11 is 0. The number of rotatable bonds is 5. The highest BCUT2D eigenvalue weighted by atomic mass is 15.4. The van der Waals surface area contributed by atoms with E-state index in [2.05, 4.69) is 69.9 Å². The summed E-state index contributed by atoms with van der Waals surface area (Å²) in [7, 11) is 0. The highest BCUT2D eigenvalue weighted by Gasteiger charge is 2.18. The highest BCUT2D eigenvalue weighted by Crippen LogP contribution is 2.12. The Hall–Kier alpha value is -1.74. The van der Waals surface area contributed by atoms with Gasteiger partial charge in [-0.1, -0.05) is 30.3 Å². The van der Waals surface area contributed by atoms with Crippen LogP contribution >= 0.6 is 0 Å². The topological polar surface area (TPSA) is 20.2 Å². The normalized spacial score (nSPS) is 17.2. The average molecular weight is 269 g/mol. The number of nitrogens with zero attached hydrogens (tertiary/aromatic N) is 2. The quantitative estimate of drug-likeness (QED) is 0.900. The standard InChI is InChI=1S/C17H23N3/c1-2-6-16(7-3-1)8-13-19-14-9-17(10-15-19)18-20-11-4-5-12-20/h1-7,11-12,17-18H,8-10,13-15H2. The molecule has 0 unspecified atom stereocenters. The Labute approximate surface area is 121 Å². The van der Waals surface area contributed by atoms with Crippen molar-refractivity contribution in [2.24, 2.45) is 0 Å². The van der Waals surface area contributed by atoms with Gasteiger partial charge in [-0.3, -0.25) is 4.68 Å². The molecule has 3 rings (SSSR count). The molecule has 1 aliphatic rings. The van der Waals surface area contributed by atoms with Gasteiger partial charge in [0, 0.05) is 38.1 Å². The summed E-state index contributed by atoms with van der Waals surface area (Å²) in [6, 6.07) is 15.5. The van der Waals surface area contributed by atoms with Crippen LogP contribution in [0, 0.1) is 0 Å². The molecule has 2 heterocycles. The van der Waals surface area contributed by atoms with E-state index in [1.165, 1.54) is 38.0 Å². The predicted molar refractivity (Wildman–Crippen MR) is 83.4 cm³/mol. The Kier molecular flexibility index (Phi) is 4.38. The lowest BCUT2D eigenvalue weighted by molar-refractivity contribution is 0.217. The smallest absolute Gasteiger partial charge is 0.0448 e. The second kappa shape index (κ2) is 6.62. The molecule has 1 aromatic heterocycles. The van der Waals surface area contributed by atoms with E-state index < -0.39 is 0 Å². The monoisotopic (exact) mass is 269 g/mol. The zero-order chi connectivity index (χ0) is 13.6. The van der Waals surface area contributed by atoms with Crippen LogP contribution in [0.4, 0.5) is 0 Å². The van der Waals surface area contributed by atoms with E-state index in [1.54, 1.807) is 0 Å². The summed E-state index contributed by atoms with van der Waals surface area (Å²) in [5, 5.41) is 0. The summed E-state index contributed by atoms with van der Waals surface area (Å²) < 4.78 is 2.07. The zero-order valence-corrected chi connectivity index (χ0v) is 11.9. The Morgan fingerprint density at radius 2 is 1.65 bits per heavy atom. The molecule has 1 aromatic carbocycles. The number of hydrogen-bond donors (Lipinski definition) is 1. The molecule has 20 heavy (non-hydrogen) atoms. The molecule has 1 aliphatic heterocycles. The lowest BCUT2D eigenvalue weighted by Crippen LogP contribution is -2.41. The van der Waals surface area contributed by atoms with Gasteiger partial charge in [-0.2, -0.15) is 0 Å². The van der Waals surface area contributed by atoms with Crippen molar-refractivity contribution in [1.82, 2.24) is 9.58 Å². The highest BCUT2D eigenvalue weighted by molar-refractivity contribution is 5.14. The summed E-state index contributed by atoms with van der Waals surface area (Å²) in [5.41, 5.74) is 4.99. The molecule has 1 N–H and O–H groups in total. The second-order valence-corrected chi connectivity index (χ2v) is 5.57. The van der Waals surface area contributed by atoms with Crippen LogP contribution in [-0.4, -0.2) is 35.3 Å². The van der Waals surface area contributed by atoms with Gasteiger partial charge in [0.05, 0.1) is 0 Å². The van der Waals surface area contributed by atoms with E-state index in [0.717, 1.165) is 6.42 Å². The molecule has 0 amide bonds. The molecular formula is C17H23N3. The molecular weight excluding hydrogens is 246 g/mol. The first-order valence-electron chi connectivity index (χ1n) is 7.56. The fraction of sp³-hybridized carbons (Fsp3) is 0.412. The van der Waals surface area contributed by atoms with Crippen LogP contribution in [0.1, 0.15) is 18.4 Å². The number of hydrogen-bond acceptors (Lipinski definition) is 2. The fourth-order valence-corrected chi connectivity index (χ4v) is 2.85. The molecule has 3 nitrogen and oxygen atoms in total. The largest absolute Gasteiger partial charge is 0.323 e. The van der Waals surface area contributed by atoms with Gasteiger partial charge >= 0.3 is 0 Å². The molecule has 3 heteroatoms. The van der Waals surface area contributed by atoms with Gasteiger partial charge < -0.3 is 10.3 Å². The van der Waals surface area contributed by atoms with E-state index in [1.807, 2.05) is 0 Å². The van der Waals surface area contributed by atoms with Crippen molar-refractivity contribution in [2.45, 2.75) is 25.3 Å². The Morgan fingerprint density at radius 3 is 2.35 bits per heavy atom. The molecule has 0 aliphatic carbocycles. The molecule has 0 radical (unpaired) electrons. The van der Waals surface area contributed by atoms with Gasteiger partial charge in [0.2, 0.25) is 0 Å². The number of piperidine rings is 1. The Bertz CT molecular complexity index is 484. The van der Waals surface area contributed by atoms with Gasteiger partial charge in [0.25, 0.3) is 0 Å². The van der Waals surface area contributed by atoms with Crippen molar-refractivity contribution in [3.63, 3.8) is 0 Å². The molecule has 1 fully saturated rings. The Morgan fingerprint density at radius 1 is 0.950 bits per heavy atom. The van der Waals surface area contributed by atoms with Gasteiger partial charge in [-0.15, -0.1) is 0 Å². The molecule has 2 aromatic rings. The average Bonchev–Trinajstić information content (AvgIpc) is 3.01. The minimum Gasteiger partial charge on any atom is -0.323 e.